The maximum absolute atomic E-state index is 13.6. The Morgan fingerprint density at radius 1 is 0.897 bits per heavy atom. The third kappa shape index (κ3) is 3.73. The fraction of sp³-hybridized carbons (Fsp3) is 0.292. The Kier molecular flexibility index (Phi) is 5.56. The molecule has 4 rings (SSSR count). The summed E-state index contributed by atoms with van der Waals surface area (Å²) in [7, 11) is 0. The molecule has 1 aromatic heterocycles. The first-order chi connectivity index (χ1) is 14.2. The van der Waals surface area contributed by atoms with Gasteiger partial charge in [-0.1, -0.05) is 60.7 Å². The van der Waals surface area contributed by atoms with Gasteiger partial charge in [0.25, 0.3) is 11.5 Å². The van der Waals surface area contributed by atoms with Crippen molar-refractivity contribution in [2.24, 2.45) is 0 Å². The molecule has 0 unspecified atom stereocenters. The van der Waals surface area contributed by atoms with E-state index in [4.69, 9.17) is 0 Å². The molecule has 148 valence electrons. The normalized spacial score (nSPS) is 14.0. The lowest BCUT2D eigenvalue weighted by atomic mass is 9.94. The highest BCUT2D eigenvalue weighted by atomic mass is 16.2. The molecule has 5 nitrogen and oxygen atoms in total. The molecule has 1 saturated heterocycles. The van der Waals surface area contributed by atoms with Gasteiger partial charge in [0.1, 0.15) is 5.56 Å². The van der Waals surface area contributed by atoms with Crippen LogP contribution in [-0.4, -0.2) is 33.7 Å². The second-order valence-corrected chi connectivity index (χ2v) is 7.30. The third-order valence-corrected chi connectivity index (χ3v) is 5.42. The molecule has 0 saturated carbocycles. The summed E-state index contributed by atoms with van der Waals surface area (Å²) in [5.41, 5.74) is 2.93. The number of amides is 1. The molecule has 1 aliphatic rings. The third-order valence-electron chi connectivity index (χ3n) is 5.42. The molecule has 1 fully saturated rings. The van der Waals surface area contributed by atoms with Gasteiger partial charge in [-0.3, -0.25) is 9.59 Å². The summed E-state index contributed by atoms with van der Waals surface area (Å²) in [4.78, 5) is 28.7. The van der Waals surface area contributed by atoms with E-state index in [0.29, 0.717) is 30.9 Å². The van der Waals surface area contributed by atoms with Gasteiger partial charge in [0.05, 0.1) is 5.69 Å². The smallest absolute Gasteiger partial charge is 0.280 e. The van der Waals surface area contributed by atoms with Crippen LogP contribution in [0.2, 0.25) is 0 Å². The van der Waals surface area contributed by atoms with Crippen molar-refractivity contribution in [3.63, 3.8) is 0 Å². The van der Waals surface area contributed by atoms with Crippen LogP contribution in [0.15, 0.2) is 65.5 Å². The molecule has 5 heteroatoms. The quantitative estimate of drug-likeness (QED) is 0.673. The zero-order chi connectivity index (χ0) is 20.2. The molecule has 29 heavy (non-hydrogen) atoms. The molecule has 0 bridgehead atoms. The Morgan fingerprint density at radius 3 is 2.07 bits per heavy atom. The Morgan fingerprint density at radius 2 is 1.48 bits per heavy atom. The van der Waals surface area contributed by atoms with Gasteiger partial charge in [0, 0.05) is 30.8 Å². The highest BCUT2D eigenvalue weighted by molar-refractivity contribution is 6.03. The molecule has 0 spiro atoms. The number of benzene rings is 2. The Bertz CT molecular complexity index is 1050. The van der Waals surface area contributed by atoms with E-state index in [1.807, 2.05) is 72.5 Å². The van der Waals surface area contributed by atoms with Crippen molar-refractivity contribution in [2.75, 3.05) is 13.1 Å². The van der Waals surface area contributed by atoms with Gasteiger partial charge in [-0.15, -0.1) is 0 Å². The van der Waals surface area contributed by atoms with Crippen LogP contribution < -0.4 is 5.56 Å². The minimum Gasteiger partial charge on any atom is -0.338 e. The summed E-state index contributed by atoms with van der Waals surface area (Å²) in [6.07, 6.45) is 3.08. The number of aromatic nitrogens is 2. The number of aryl methyl sites for hydroxylation is 1. The minimum absolute atomic E-state index is 0.185. The van der Waals surface area contributed by atoms with E-state index in [1.54, 1.807) is 0 Å². The summed E-state index contributed by atoms with van der Waals surface area (Å²) < 4.78 is 1.41. The van der Waals surface area contributed by atoms with Gasteiger partial charge < -0.3 is 4.90 Å². The molecule has 0 radical (unpaired) electrons. The predicted molar refractivity (Wildman–Crippen MR) is 115 cm³/mol. The standard InChI is InChI=1S/C24H25N3O2/c1-2-27-24(29)21(23(28)26-16-10-5-11-17-26)20(18-12-6-3-7-13-18)22(25-27)19-14-8-4-9-15-19/h3-4,6-9,12-15H,2,5,10-11,16-17H2,1H3. The molecule has 3 aromatic rings. The number of piperidine rings is 1. The summed E-state index contributed by atoms with van der Waals surface area (Å²) in [6.45, 7) is 3.68. The summed E-state index contributed by atoms with van der Waals surface area (Å²) in [5, 5.41) is 4.66. The number of rotatable bonds is 4. The van der Waals surface area contributed by atoms with E-state index in [9.17, 15) is 9.59 Å². The van der Waals surface area contributed by atoms with E-state index >= 15 is 0 Å². The summed E-state index contributed by atoms with van der Waals surface area (Å²) in [6, 6.07) is 19.4. The second-order valence-electron chi connectivity index (χ2n) is 7.30. The highest BCUT2D eigenvalue weighted by Crippen LogP contribution is 2.32. The average molecular weight is 387 g/mol. The minimum atomic E-state index is -0.318. The number of hydrogen-bond acceptors (Lipinski definition) is 3. The Hall–Kier alpha value is -3.21. The summed E-state index contributed by atoms with van der Waals surface area (Å²) in [5.74, 6) is -0.185. The molecule has 0 atom stereocenters. The van der Waals surface area contributed by atoms with Crippen LogP contribution in [0.5, 0.6) is 0 Å². The molecule has 0 N–H and O–H groups in total. The van der Waals surface area contributed by atoms with Gasteiger partial charge in [-0.2, -0.15) is 5.10 Å². The van der Waals surface area contributed by atoms with Crippen molar-refractivity contribution in [1.29, 1.82) is 0 Å². The van der Waals surface area contributed by atoms with Gasteiger partial charge in [-0.25, -0.2) is 4.68 Å². The molecule has 1 amide bonds. The molecule has 1 aliphatic heterocycles. The average Bonchev–Trinajstić information content (AvgIpc) is 2.80. The predicted octanol–water partition coefficient (Wildman–Crippen LogP) is 4.22. The van der Waals surface area contributed by atoms with Gasteiger partial charge >= 0.3 is 0 Å². The van der Waals surface area contributed by atoms with E-state index in [0.717, 1.165) is 30.4 Å². The monoisotopic (exact) mass is 387 g/mol. The number of hydrogen-bond donors (Lipinski definition) is 0. The number of carbonyl (C=O) groups excluding carboxylic acids is 1. The first-order valence-electron chi connectivity index (χ1n) is 10.3. The van der Waals surface area contributed by atoms with Crippen molar-refractivity contribution >= 4 is 5.91 Å². The molecule has 2 heterocycles. The topological polar surface area (TPSA) is 55.2 Å². The van der Waals surface area contributed by atoms with E-state index in [2.05, 4.69) is 5.10 Å². The molecule has 0 aliphatic carbocycles. The van der Waals surface area contributed by atoms with Crippen LogP contribution in [0, 0.1) is 0 Å². The number of likely N-dealkylation sites (tertiary alicyclic amines) is 1. The van der Waals surface area contributed by atoms with Crippen LogP contribution in [0.25, 0.3) is 22.4 Å². The van der Waals surface area contributed by atoms with Crippen molar-refractivity contribution in [3.05, 3.63) is 76.6 Å². The molecular formula is C24H25N3O2. The van der Waals surface area contributed by atoms with Crippen molar-refractivity contribution in [3.8, 4) is 22.4 Å². The van der Waals surface area contributed by atoms with Crippen molar-refractivity contribution in [1.82, 2.24) is 14.7 Å². The van der Waals surface area contributed by atoms with Crippen molar-refractivity contribution < 1.29 is 4.79 Å². The first-order valence-corrected chi connectivity index (χ1v) is 10.3. The zero-order valence-electron chi connectivity index (χ0n) is 16.7. The Labute approximate surface area is 170 Å². The van der Waals surface area contributed by atoms with Gasteiger partial charge in [-0.05, 0) is 31.7 Å². The maximum atomic E-state index is 13.6. The maximum Gasteiger partial charge on any atom is 0.280 e. The van der Waals surface area contributed by atoms with Gasteiger partial charge in [0.2, 0.25) is 0 Å². The van der Waals surface area contributed by atoms with Crippen LogP contribution in [0.1, 0.15) is 36.5 Å². The lowest BCUT2D eigenvalue weighted by Gasteiger charge is -2.28. The highest BCUT2D eigenvalue weighted by Gasteiger charge is 2.28. The molecular weight excluding hydrogens is 362 g/mol. The SMILES string of the molecule is CCn1nc(-c2ccccc2)c(-c2ccccc2)c(C(=O)N2CCCCC2)c1=O. The lowest BCUT2D eigenvalue weighted by Crippen LogP contribution is -2.40. The van der Waals surface area contributed by atoms with Crippen molar-refractivity contribution in [2.45, 2.75) is 32.7 Å². The lowest BCUT2D eigenvalue weighted by molar-refractivity contribution is 0.0722. The van der Waals surface area contributed by atoms with E-state index in [1.165, 1.54) is 4.68 Å². The summed E-state index contributed by atoms with van der Waals surface area (Å²) >= 11 is 0. The fourth-order valence-corrected chi connectivity index (χ4v) is 3.92. The Balaban J connectivity index is 2.02. The van der Waals surface area contributed by atoms with Crippen LogP contribution in [0.3, 0.4) is 0 Å². The largest absolute Gasteiger partial charge is 0.338 e. The second kappa shape index (κ2) is 8.43. The fourth-order valence-electron chi connectivity index (χ4n) is 3.92. The first kappa shape index (κ1) is 19.1. The van der Waals surface area contributed by atoms with E-state index in [-0.39, 0.29) is 17.0 Å². The zero-order valence-corrected chi connectivity index (χ0v) is 16.7. The van der Waals surface area contributed by atoms with Gasteiger partial charge in [0.15, 0.2) is 0 Å². The van der Waals surface area contributed by atoms with Crippen LogP contribution >= 0.6 is 0 Å². The number of carbonyl (C=O) groups is 1. The number of nitrogens with zero attached hydrogens (tertiary/aromatic N) is 3. The van der Waals surface area contributed by atoms with E-state index < -0.39 is 0 Å². The van der Waals surface area contributed by atoms with Crippen LogP contribution in [-0.2, 0) is 6.54 Å². The van der Waals surface area contributed by atoms with Crippen LogP contribution in [0.4, 0.5) is 0 Å². The molecule has 2 aromatic carbocycles.